The molecule has 0 fully saturated rings. The van der Waals surface area contributed by atoms with Crippen LogP contribution in [0.4, 0.5) is 5.69 Å². The number of allylic oxidation sites excluding steroid dienone is 1. The van der Waals surface area contributed by atoms with E-state index in [1.54, 1.807) is 11.8 Å². The van der Waals surface area contributed by atoms with Gasteiger partial charge in [-0.25, -0.2) is 0 Å². The van der Waals surface area contributed by atoms with E-state index in [0.717, 1.165) is 33.0 Å². The van der Waals surface area contributed by atoms with Crippen molar-refractivity contribution in [1.82, 2.24) is 14.8 Å². The first-order chi connectivity index (χ1) is 12.6. The maximum Gasteiger partial charge on any atom is 0.192 e. The van der Waals surface area contributed by atoms with Gasteiger partial charge in [0, 0.05) is 42.7 Å². The summed E-state index contributed by atoms with van der Waals surface area (Å²) in [6.07, 6.45) is 1.87. The molecule has 26 heavy (non-hydrogen) atoms. The predicted molar refractivity (Wildman–Crippen MR) is 111 cm³/mol. The van der Waals surface area contributed by atoms with E-state index in [-0.39, 0.29) is 0 Å². The van der Waals surface area contributed by atoms with Gasteiger partial charge >= 0.3 is 0 Å². The van der Waals surface area contributed by atoms with Crippen molar-refractivity contribution in [3.05, 3.63) is 71.8 Å². The van der Waals surface area contributed by atoms with Gasteiger partial charge in [0.15, 0.2) is 11.0 Å². The largest absolute Gasteiger partial charge is 0.378 e. The van der Waals surface area contributed by atoms with E-state index in [9.17, 15) is 0 Å². The standard InChI is InChI=1S/C20H21ClN4S/c1-4-12-25-19(16-6-5-7-18(13-16)24(2)3)22-23-20(25)26-14-15-8-10-17(21)11-9-15/h4-11,13H,1,12,14H2,2-3H3. The molecule has 0 aliphatic heterocycles. The van der Waals surface area contributed by atoms with E-state index in [1.807, 2.05) is 50.5 Å². The minimum Gasteiger partial charge on any atom is -0.378 e. The van der Waals surface area contributed by atoms with Crippen molar-refractivity contribution >= 4 is 29.1 Å². The molecule has 3 aromatic rings. The normalized spacial score (nSPS) is 10.7. The summed E-state index contributed by atoms with van der Waals surface area (Å²) in [5, 5.41) is 10.5. The minimum atomic E-state index is 0.664. The molecule has 0 aliphatic carbocycles. The van der Waals surface area contributed by atoms with Gasteiger partial charge in [-0.15, -0.1) is 16.8 Å². The molecule has 0 bridgehead atoms. The molecule has 1 aromatic heterocycles. The highest BCUT2D eigenvalue weighted by Crippen LogP contribution is 2.28. The summed E-state index contributed by atoms with van der Waals surface area (Å²) < 4.78 is 2.10. The Balaban J connectivity index is 1.87. The number of hydrogen-bond acceptors (Lipinski definition) is 4. The first-order valence-corrected chi connectivity index (χ1v) is 9.64. The molecule has 0 radical (unpaired) electrons. The zero-order valence-electron chi connectivity index (χ0n) is 14.9. The molecular formula is C20H21ClN4S. The lowest BCUT2D eigenvalue weighted by Gasteiger charge is -2.14. The highest BCUT2D eigenvalue weighted by Gasteiger charge is 2.14. The van der Waals surface area contributed by atoms with Crippen LogP contribution in [0.25, 0.3) is 11.4 Å². The van der Waals surface area contributed by atoms with Crippen LogP contribution in [-0.4, -0.2) is 28.9 Å². The Hall–Kier alpha value is -2.24. The maximum absolute atomic E-state index is 5.95. The highest BCUT2D eigenvalue weighted by atomic mass is 35.5. The Kier molecular flexibility index (Phi) is 6.01. The lowest BCUT2D eigenvalue weighted by atomic mass is 10.2. The Morgan fingerprint density at radius 1 is 1.15 bits per heavy atom. The Morgan fingerprint density at radius 3 is 2.62 bits per heavy atom. The van der Waals surface area contributed by atoms with E-state index >= 15 is 0 Å². The molecule has 1 heterocycles. The number of halogens is 1. The van der Waals surface area contributed by atoms with Crippen molar-refractivity contribution in [2.24, 2.45) is 0 Å². The number of benzene rings is 2. The number of anilines is 1. The Morgan fingerprint density at radius 2 is 1.92 bits per heavy atom. The van der Waals surface area contributed by atoms with E-state index in [2.05, 4.69) is 44.4 Å². The lowest BCUT2D eigenvalue weighted by Crippen LogP contribution is -2.08. The van der Waals surface area contributed by atoms with Crippen LogP contribution < -0.4 is 4.90 Å². The van der Waals surface area contributed by atoms with E-state index in [1.165, 1.54) is 5.56 Å². The predicted octanol–water partition coefficient (Wildman–Crippen LogP) is 5.14. The van der Waals surface area contributed by atoms with E-state index < -0.39 is 0 Å². The van der Waals surface area contributed by atoms with Crippen molar-refractivity contribution in [2.45, 2.75) is 17.5 Å². The molecule has 0 saturated heterocycles. The van der Waals surface area contributed by atoms with Crippen LogP contribution in [0.15, 0.2) is 66.3 Å². The summed E-state index contributed by atoms with van der Waals surface area (Å²) in [5.41, 5.74) is 3.37. The van der Waals surface area contributed by atoms with E-state index in [4.69, 9.17) is 11.6 Å². The average molecular weight is 385 g/mol. The third-order valence-corrected chi connectivity index (χ3v) is 5.22. The molecule has 0 N–H and O–H groups in total. The number of aromatic nitrogens is 3. The quantitative estimate of drug-likeness (QED) is 0.417. The van der Waals surface area contributed by atoms with Gasteiger partial charge in [-0.05, 0) is 29.8 Å². The molecule has 3 rings (SSSR count). The molecule has 0 aliphatic rings. The molecule has 2 aromatic carbocycles. The van der Waals surface area contributed by atoms with Crippen molar-refractivity contribution in [3.63, 3.8) is 0 Å². The molecular weight excluding hydrogens is 364 g/mol. The van der Waals surface area contributed by atoms with E-state index in [0.29, 0.717) is 6.54 Å². The molecule has 134 valence electrons. The fraction of sp³-hybridized carbons (Fsp3) is 0.200. The fourth-order valence-electron chi connectivity index (χ4n) is 2.55. The van der Waals surface area contributed by atoms with Crippen molar-refractivity contribution in [3.8, 4) is 11.4 Å². The summed E-state index contributed by atoms with van der Waals surface area (Å²) in [7, 11) is 4.06. The second-order valence-electron chi connectivity index (χ2n) is 6.07. The molecule has 0 spiro atoms. The Bertz CT molecular complexity index is 887. The van der Waals surface area contributed by atoms with Crippen LogP contribution in [0.3, 0.4) is 0 Å². The maximum atomic E-state index is 5.95. The van der Waals surface area contributed by atoms with Crippen LogP contribution in [-0.2, 0) is 12.3 Å². The summed E-state index contributed by atoms with van der Waals surface area (Å²) in [4.78, 5) is 2.08. The van der Waals surface area contributed by atoms with Crippen LogP contribution in [0.5, 0.6) is 0 Å². The third kappa shape index (κ3) is 4.29. The van der Waals surface area contributed by atoms with Gasteiger partial charge in [0.25, 0.3) is 0 Å². The van der Waals surface area contributed by atoms with Crippen LogP contribution >= 0.6 is 23.4 Å². The number of hydrogen-bond donors (Lipinski definition) is 0. The van der Waals surface area contributed by atoms with Crippen LogP contribution in [0.1, 0.15) is 5.56 Å². The van der Waals surface area contributed by atoms with Crippen molar-refractivity contribution < 1.29 is 0 Å². The zero-order valence-corrected chi connectivity index (χ0v) is 16.5. The molecule has 0 unspecified atom stereocenters. The minimum absolute atomic E-state index is 0.664. The number of thioether (sulfide) groups is 1. The van der Waals surface area contributed by atoms with Gasteiger partial charge in [-0.3, -0.25) is 4.57 Å². The van der Waals surface area contributed by atoms with Crippen molar-refractivity contribution in [1.29, 1.82) is 0 Å². The van der Waals surface area contributed by atoms with Crippen LogP contribution in [0.2, 0.25) is 5.02 Å². The number of nitrogens with zero attached hydrogens (tertiary/aromatic N) is 4. The van der Waals surface area contributed by atoms with Gasteiger partial charge in [-0.1, -0.05) is 53.7 Å². The van der Waals surface area contributed by atoms with Crippen LogP contribution in [0, 0.1) is 0 Å². The summed E-state index contributed by atoms with van der Waals surface area (Å²) >= 11 is 7.61. The molecule has 0 saturated carbocycles. The topological polar surface area (TPSA) is 34.0 Å². The fourth-order valence-corrected chi connectivity index (χ4v) is 3.58. The monoisotopic (exact) mass is 384 g/mol. The highest BCUT2D eigenvalue weighted by molar-refractivity contribution is 7.98. The van der Waals surface area contributed by atoms with Gasteiger partial charge in [0.05, 0.1) is 0 Å². The average Bonchev–Trinajstić information content (AvgIpc) is 3.04. The SMILES string of the molecule is C=CCn1c(SCc2ccc(Cl)cc2)nnc1-c1cccc(N(C)C)c1. The first-order valence-electron chi connectivity index (χ1n) is 8.27. The molecule has 6 heteroatoms. The Labute approximate surface area is 163 Å². The zero-order chi connectivity index (χ0) is 18.5. The first kappa shape index (κ1) is 18.5. The van der Waals surface area contributed by atoms with Gasteiger partial charge in [0.1, 0.15) is 0 Å². The third-order valence-electron chi connectivity index (χ3n) is 3.93. The van der Waals surface area contributed by atoms with Gasteiger partial charge in [0.2, 0.25) is 0 Å². The van der Waals surface area contributed by atoms with Gasteiger partial charge < -0.3 is 4.90 Å². The number of rotatable bonds is 7. The second-order valence-corrected chi connectivity index (χ2v) is 7.44. The summed E-state index contributed by atoms with van der Waals surface area (Å²) in [6.45, 7) is 4.54. The molecule has 0 atom stereocenters. The summed E-state index contributed by atoms with van der Waals surface area (Å²) in [6, 6.07) is 16.2. The molecule has 4 nitrogen and oxygen atoms in total. The summed E-state index contributed by atoms with van der Waals surface area (Å²) in [5.74, 6) is 1.66. The van der Waals surface area contributed by atoms with Gasteiger partial charge in [-0.2, -0.15) is 0 Å². The van der Waals surface area contributed by atoms with Crippen molar-refractivity contribution in [2.75, 3.05) is 19.0 Å². The second kappa shape index (κ2) is 8.43. The molecule has 0 amide bonds. The lowest BCUT2D eigenvalue weighted by molar-refractivity contribution is 0.731. The smallest absolute Gasteiger partial charge is 0.192 e.